The summed E-state index contributed by atoms with van der Waals surface area (Å²) in [4.78, 5) is -0.261. The van der Waals surface area contributed by atoms with Crippen LogP contribution in [0.2, 0.25) is 0 Å². The standard InChI is InChI=1S/C16H24FNO2S/c1-16(2,3)12-8-4-6-10-14(12)18-21(19,20)15-11-7-5-9-13(15)17/h5,7,9,11-12,14,18H,4,6,8,10H2,1-3H3. The van der Waals surface area contributed by atoms with Crippen molar-refractivity contribution in [3.63, 3.8) is 0 Å². The number of hydrogen-bond acceptors (Lipinski definition) is 2. The van der Waals surface area contributed by atoms with E-state index in [2.05, 4.69) is 25.5 Å². The van der Waals surface area contributed by atoms with Gasteiger partial charge in [-0.05, 0) is 36.3 Å². The van der Waals surface area contributed by atoms with Crippen LogP contribution in [-0.4, -0.2) is 14.5 Å². The smallest absolute Gasteiger partial charge is 0.208 e. The number of rotatable bonds is 3. The predicted molar refractivity (Wildman–Crippen MR) is 81.9 cm³/mol. The van der Waals surface area contributed by atoms with Gasteiger partial charge in [0.25, 0.3) is 0 Å². The maximum absolute atomic E-state index is 13.8. The molecule has 0 heterocycles. The first-order valence-electron chi connectivity index (χ1n) is 7.49. The lowest BCUT2D eigenvalue weighted by atomic mass is 9.70. The maximum atomic E-state index is 13.8. The summed E-state index contributed by atoms with van der Waals surface area (Å²) >= 11 is 0. The fourth-order valence-corrected chi connectivity index (χ4v) is 4.62. The minimum absolute atomic E-state index is 0.0306. The van der Waals surface area contributed by atoms with Crippen LogP contribution in [0, 0.1) is 17.2 Å². The van der Waals surface area contributed by atoms with Crippen molar-refractivity contribution in [2.45, 2.75) is 57.4 Å². The predicted octanol–water partition coefficient (Wildman–Crippen LogP) is 3.71. The molecule has 0 saturated heterocycles. The van der Waals surface area contributed by atoms with Crippen molar-refractivity contribution in [2.75, 3.05) is 0 Å². The number of nitrogens with one attached hydrogen (secondary N) is 1. The van der Waals surface area contributed by atoms with Crippen LogP contribution < -0.4 is 4.72 Å². The summed E-state index contributed by atoms with van der Waals surface area (Å²) in [5, 5.41) is 0. The first kappa shape index (κ1) is 16.4. The number of hydrogen-bond donors (Lipinski definition) is 1. The summed E-state index contributed by atoms with van der Waals surface area (Å²) in [6.45, 7) is 6.40. The zero-order valence-electron chi connectivity index (χ0n) is 12.9. The second-order valence-corrected chi connectivity index (χ2v) is 8.60. The van der Waals surface area contributed by atoms with Crippen LogP contribution in [0.4, 0.5) is 4.39 Å². The average molecular weight is 313 g/mol. The summed E-state index contributed by atoms with van der Waals surface area (Å²) in [7, 11) is -3.81. The van der Waals surface area contributed by atoms with Crippen molar-refractivity contribution >= 4 is 10.0 Å². The molecule has 0 bridgehead atoms. The second kappa shape index (κ2) is 6.05. The molecule has 2 atom stereocenters. The Balaban J connectivity index is 2.25. The zero-order valence-corrected chi connectivity index (χ0v) is 13.7. The molecule has 2 unspecified atom stereocenters. The first-order chi connectivity index (χ1) is 9.72. The van der Waals surface area contributed by atoms with Gasteiger partial charge in [0.1, 0.15) is 10.7 Å². The molecule has 2 rings (SSSR count). The lowest BCUT2D eigenvalue weighted by Gasteiger charge is -2.40. The highest BCUT2D eigenvalue weighted by Crippen LogP contribution is 2.38. The molecular formula is C16H24FNO2S. The van der Waals surface area contributed by atoms with E-state index >= 15 is 0 Å². The van der Waals surface area contributed by atoms with E-state index in [9.17, 15) is 12.8 Å². The Bertz CT molecular complexity index is 593. The first-order valence-corrected chi connectivity index (χ1v) is 8.97. The van der Waals surface area contributed by atoms with E-state index in [0.29, 0.717) is 0 Å². The monoisotopic (exact) mass is 313 g/mol. The molecule has 1 N–H and O–H groups in total. The van der Waals surface area contributed by atoms with E-state index in [0.717, 1.165) is 25.7 Å². The largest absolute Gasteiger partial charge is 0.243 e. The highest BCUT2D eigenvalue weighted by atomic mass is 32.2. The molecule has 0 spiro atoms. The molecule has 1 aliphatic rings. The Labute approximate surface area is 127 Å². The zero-order chi connectivity index (χ0) is 15.7. The Morgan fingerprint density at radius 1 is 1.14 bits per heavy atom. The van der Waals surface area contributed by atoms with Gasteiger partial charge in [0.05, 0.1) is 0 Å². The number of benzene rings is 1. The summed E-state index contributed by atoms with van der Waals surface area (Å²) in [5.41, 5.74) is 0.0306. The van der Waals surface area contributed by atoms with Crippen LogP contribution in [0.15, 0.2) is 29.2 Å². The van der Waals surface area contributed by atoms with E-state index in [1.54, 1.807) is 6.07 Å². The van der Waals surface area contributed by atoms with Crippen LogP contribution in [0.3, 0.4) is 0 Å². The SMILES string of the molecule is CC(C)(C)C1CCCCC1NS(=O)(=O)c1ccccc1F. The molecule has 5 heteroatoms. The van der Waals surface area contributed by atoms with Crippen LogP contribution >= 0.6 is 0 Å². The van der Waals surface area contributed by atoms with Crippen LogP contribution in [0.5, 0.6) is 0 Å². The molecule has 1 fully saturated rings. The van der Waals surface area contributed by atoms with Gasteiger partial charge in [-0.25, -0.2) is 17.5 Å². The van der Waals surface area contributed by atoms with Crippen LogP contribution in [0.1, 0.15) is 46.5 Å². The Hall–Kier alpha value is -0.940. The summed E-state index contributed by atoms with van der Waals surface area (Å²) in [6.07, 6.45) is 3.96. The molecule has 0 amide bonds. The van der Waals surface area contributed by atoms with E-state index in [1.807, 2.05) is 0 Å². The van der Waals surface area contributed by atoms with Gasteiger partial charge < -0.3 is 0 Å². The van der Waals surface area contributed by atoms with Gasteiger partial charge in [0.15, 0.2) is 0 Å². The van der Waals surface area contributed by atoms with Crippen LogP contribution in [-0.2, 0) is 10.0 Å². The van der Waals surface area contributed by atoms with Gasteiger partial charge in [-0.2, -0.15) is 0 Å². The minimum atomic E-state index is -3.81. The molecule has 21 heavy (non-hydrogen) atoms. The molecule has 1 aromatic rings. The van der Waals surface area contributed by atoms with E-state index in [-0.39, 0.29) is 22.3 Å². The molecule has 118 valence electrons. The van der Waals surface area contributed by atoms with Gasteiger partial charge >= 0.3 is 0 Å². The second-order valence-electron chi connectivity index (χ2n) is 6.92. The fraction of sp³-hybridized carbons (Fsp3) is 0.625. The molecule has 0 radical (unpaired) electrons. The molecule has 1 aromatic carbocycles. The highest BCUT2D eigenvalue weighted by Gasteiger charge is 2.36. The summed E-state index contributed by atoms with van der Waals surface area (Å²) < 4.78 is 41.4. The topological polar surface area (TPSA) is 46.2 Å². The third kappa shape index (κ3) is 3.83. The molecular weight excluding hydrogens is 289 g/mol. The van der Waals surface area contributed by atoms with Crippen molar-refractivity contribution in [1.82, 2.24) is 4.72 Å². The molecule has 0 aliphatic heterocycles. The normalized spacial score (nSPS) is 24.0. The van der Waals surface area contributed by atoms with Crippen molar-refractivity contribution in [1.29, 1.82) is 0 Å². The summed E-state index contributed by atoms with van der Waals surface area (Å²) in [5.74, 6) is -0.430. The van der Waals surface area contributed by atoms with Gasteiger partial charge in [-0.15, -0.1) is 0 Å². The van der Waals surface area contributed by atoms with Gasteiger partial charge in [-0.1, -0.05) is 45.7 Å². The highest BCUT2D eigenvalue weighted by molar-refractivity contribution is 7.89. The summed E-state index contributed by atoms with van der Waals surface area (Å²) in [6, 6.07) is 5.40. The number of sulfonamides is 1. The molecule has 0 aromatic heterocycles. The molecule has 3 nitrogen and oxygen atoms in total. The fourth-order valence-electron chi connectivity index (χ4n) is 3.23. The minimum Gasteiger partial charge on any atom is -0.208 e. The lowest BCUT2D eigenvalue weighted by Crippen LogP contribution is -2.46. The molecule has 1 aliphatic carbocycles. The molecule has 1 saturated carbocycles. The average Bonchev–Trinajstić information content (AvgIpc) is 2.38. The Morgan fingerprint density at radius 2 is 1.76 bits per heavy atom. The van der Waals surface area contributed by atoms with Crippen molar-refractivity contribution in [3.05, 3.63) is 30.1 Å². The Kier molecular flexibility index (Phi) is 4.73. The quantitative estimate of drug-likeness (QED) is 0.924. The Morgan fingerprint density at radius 3 is 2.38 bits per heavy atom. The van der Waals surface area contributed by atoms with Gasteiger partial charge in [0.2, 0.25) is 10.0 Å². The van der Waals surface area contributed by atoms with Crippen LogP contribution in [0.25, 0.3) is 0 Å². The lowest BCUT2D eigenvalue weighted by molar-refractivity contribution is 0.144. The van der Waals surface area contributed by atoms with Gasteiger partial charge in [0, 0.05) is 6.04 Å². The van der Waals surface area contributed by atoms with Gasteiger partial charge in [-0.3, -0.25) is 0 Å². The third-order valence-electron chi connectivity index (χ3n) is 4.31. The van der Waals surface area contributed by atoms with Crippen molar-refractivity contribution in [2.24, 2.45) is 11.3 Å². The van der Waals surface area contributed by atoms with Crippen molar-refractivity contribution in [3.8, 4) is 0 Å². The van der Waals surface area contributed by atoms with E-state index in [4.69, 9.17) is 0 Å². The van der Waals surface area contributed by atoms with E-state index in [1.165, 1.54) is 18.2 Å². The number of halogens is 1. The van der Waals surface area contributed by atoms with E-state index < -0.39 is 15.8 Å². The maximum Gasteiger partial charge on any atom is 0.243 e. The third-order valence-corrected chi connectivity index (χ3v) is 5.83. The van der Waals surface area contributed by atoms with Crippen molar-refractivity contribution < 1.29 is 12.8 Å².